The Kier molecular flexibility index (Phi) is 4.38. The fourth-order valence-electron chi connectivity index (χ4n) is 6.39. The lowest BCUT2D eigenvalue weighted by Gasteiger charge is -2.62. The molecule has 2 unspecified atom stereocenters. The molecule has 4 aliphatic carbocycles. The average Bonchev–Trinajstić information content (AvgIpc) is 2.66. The molecule has 2 aromatic rings. The first-order chi connectivity index (χ1) is 14.3. The lowest BCUT2D eigenvalue weighted by molar-refractivity contribution is -0.0448. The van der Waals surface area contributed by atoms with Crippen LogP contribution in [0, 0.1) is 24.6 Å². The number of amides is 2. The monoisotopic (exact) mass is 408 g/mol. The van der Waals surface area contributed by atoms with E-state index in [0.717, 1.165) is 32.1 Å². The zero-order valence-electron chi connectivity index (χ0n) is 17.0. The van der Waals surface area contributed by atoms with Gasteiger partial charge in [-0.05, 0) is 81.5 Å². The molecule has 1 aromatic heterocycles. The number of aryl methyl sites for hydroxylation is 1. The first kappa shape index (κ1) is 19.2. The van der Waals surface area contributed by atoms with Crippen LogP contribution in [0.4, 0.5) is 4.39 Å². The van der Waals surface area contributed by atoms with Crippen LogP contribution in [0.5, 0.6) is 0 Å². The van der Waals surface area contributed by atoms with Crippen molar-refractivity contribution >= 4 is 11.8 Å². The van der Waals surface area contributed by atoms with Crippen LogP contribution in [0.25, 0.3) is 0 Å². The predicted molar refractivity (Wildman–Crippen MR) is 108 cm³/mol. The van der Waals surface area contributed by atoms with Crippen molar-refractivity contribution in [1.29, 1.82) is 0 Å². The maximum atomic E-state index is 13.6. The van der Waals surface area contributed by atoms with Crippen molar-refractivity contribution in [2.75, 3.05) is 0 Å². The highest BCUT2D eigenvalue weighted by molar-refractivity contribution is 5.95. The first-order valence-corrected chi connectivity index (χ1v) is 10.5. The molecule has 2 amide bonds. The average molecular weight is 408 g/mol. The van der Waals surface area contributed by atoms with Crippen molar-refractivity contribution in [2.45, 2.75) is 56.5 Å². The van der Waals surface area contributed by atoms with Gasteiger partial charge in [0.1, 0.15) is 17.3 Å². The van der Waals surface area contributed by atoms with E-state index in [-0.39, 0.29) is 22.9 Å². The molecule has 2 atom stereocenters. The third kappa shape index (κ3) is 3.46. The highest BCUT2D eigenvalue weighted by Gasteiger charge is 2.58. The summed E-state index contributed by atoms with van der Waals surface area (Å²) in [5.74, 6) is 0.639. The standard InChI is InChI=1S/C23H25FN4O2/c1-14-25-6-5-19(26-14)21(30)28-23-11-15-7-16(12-23)10-22(9-15,13-23)27-20(29)17-3-2-4-18(24)8-17/h2-6,8,15-16H,7,9-13H2,1H3,(H,27,29)(H,28,30). The number of aromatic nitrogens is 2. The van der Waals surface area contributed by atoms with Gasteiger partial charge in [0, 0.05) is 22.8 Å². The van der Waals surface area contributed by atoms with Gasteiger partial charge in [-0.2, -0.15) is 0 Å². The number of hydrogen-bond donors (Lipinski definition) is 2. The quantitative estimate of drug-likeness (QED) is 0.814. The molecule has 4 bridgehead atoms. The molecule has 1 aromatic carbocycles. The zero-order valence-corrected chi connectivity index (χ0v) is 17.0. The zero-order chi connectivity index (χ0) is 20.9. The Hall–Kier alpha value is -2.83. The van der Waals surface area contributed by atoms with Gasteiger partial charge >= 0.3 is 0 Å². The number of benzene rings is 1. The molecule has 30 heavy (non-hydrogen) atoms. The van der Waals surface area contributed by atoms with Crippen molar-refractivity contribution in [3.63, 3.8) is 0 Å². The van der Waals surface area contributed by atoms with E-state index in [1.54, 1.807) is 31.3 Å². The van der Waals surface area contributed by atoms with E-state index in [1.807, 2.05) is 0 Å². The molecule has 6 rings (SSSR count). The lowest BCUT2D eigenvalue weighted by Crippen LogP contribution is -2.69. The summed E-state index contributed by atoms with van der Waals surface area (Å²) in [6.07, 6.45) is 7.11. The summed E-state index contributed by atoms with van der Waals surface area (Å²) in [5.41, 5.74) is 0.00815. The molecule has 4 aliphatic rings. The topological polar surface area (TPSA) is 84.0 Å². The SMILES string of the molecule is Cc1nccc(C(=O)NC23CC4CC(CC(NC(=O)c5cccc(F)c5)(C4)C2)C3)n1. The van der Waals surface area contributed by atoms with Gasteiger partial charge in [0.2, 0.25) is 0 Å². The summed E-state index contributed by atoms with van der Waals surface area (Å²) in [6, 6.07) is 7.42. The minimum Gasteiger partial charge on any atom is -0.346 e. The van der Waals surface area contributed by atoms with Crippen molar-refractivity contribution < 1.29 is 14.0 Å². The van der Waals surface area contributed by atoms with Crippen LogP contribution >= 0.6 is 0 Å². The van der Waals surface area contributed by atoms with Crippen molar-refractivity contribution in [1.82, 2.24) is 20.6 Å². The van der Waals surface area contributed by atoms with E-state index in [0.29, 0.717) is 35.3 Å². The van der Waals surface area contributed by atoms with Crippen molar-refractivity contribution in [3.05, 3.63) is 59.4 Å². The molecule has 4 fully saturated rings. The van der Waals surface area contributed by atoms with Crippen LogP contribution in [0.2, 0.25) is 0 Å². The number of carbonyl (C=O) groups excluding carboxylic acids is 2. The van der Waals surface area contributed by atoms with Crippen LogP contribution in [-0.2, 0) is 0 Å². The maximum Gasteiger partial charge on any atom is 0.270 e. The molecule has 2 N–H and O–H groups in total. The second-order valence-corrected chi connectivity index (χ2v) is 9.43. The highest BCUT2D eigenvalue weighted by Crippen LogP contribution is 2.57. The minimum atomic E-state index is -0.419. The summed E-state index contributed by atoms with van der Waals surface area (Å²) in [6.45, 7) is 1.76. The van der Waals surface area contributed by atoms with E-state index in [2.05, 4.69) is 20.6 Å². The van der Waals surface area contributed by atoms with Crippen LogP contribution in [0.15, 0.2) is 36.5 Å². The summed E-state index contributed by atoms with van der Waals surface area (Å²) in [7, 11) is 0. The van der Waals surface area contributed by atoms with Crippen LogP contribution in [0.3, 0.4) is 0 Å². The Morgan fingerprint density at radius 3 is 2.33 bits per heavy atom. The predicted octanol–water partition coefficient (Wildman–Crippen LogP) is 3.18. The molecular formula is C23H25FN4O2. The highest BCUT2D eigenvalue weighted by atomic mass is 19.1. The Morgan fingerprint density at radius 2 is 1.70 bits per heavy atom. The van der Waals surface area contributed by atoms with Crippen LogP contribution in [0.1, 0.15) is 65.2 Å². The van der Waals surface area contributed by atoms with Crippen LogP contribution in [-0.4, -0.2) is 32.9 Å². The van der Waals surface area contributed by atoms with Gasteiger partial charge in [0.25, 0.3) is 11.8 Å². The van der Waals surface area contributed by atoms with E-state index >= 15 is 0 Å². The van der Waals surface area contributed by atoms with Gasteiger partial charge < -0.3 is 10.6 Å². The number of nitrogens with one attached hydrogen (secondary N) is 2. The number of nitrogens with zero attached hydrogens (tertiary/aromatic N) is 2. The smallest absolute Gasteiger partial charge is 0.270 e. The van der Waals surface area contributed by atoms with Gasteiger partial charge in [0.05, 0.1) is 0 Å². The first-order valence-electron chi connectivity index (χ1n) is 10.5. The number of hydrogen-bond acceptors (Lipinski definition) is 4. The summed E-state index contributed by atoms with van der Waals surface area (Å²) in [4.78, 5) is 34.1. The largest absolute Gasteiger partial charge is 0.346 e. The van der Waals surface area contributed by atoms with Gasteiger partial charge in [-0.1, -0.05) is 6.07 Å². The van der Waals surface area contributed by atoms with E-state index in [1.165, 1.54) is 12.1 Å². The second kappa shape index (κ2) is 6.86. The van der Waals surface area contributed by atoms with Crippen LogP contribution < -0.4 is 10.6 Å². The molecule has 6 nitrogen and oxygen atoms in total. The van der Waals surface area contributed by atoms with Gasteiger partial charge in [-0.15, -0.1) is 0 Å². The molecule has 0 aliphatic heterocycles. The molecule has 156 valence electrons. The Bertz CT molecular complexity index is 932. The maximum absolute atomic E-state index is 13.6. The third-order valence-corrected chi connectivity index (χ3v) is 6.91. The Balaban J connectivity index is 1.38. The van der Waals surface area contributed by atoms with Gasteiger partial charge in [0.15, 0.2) is 0 Å². The molecule has 0 radical (unpaired) electrons. The van der Waals surface area contributed by atoms with E-state index in [9.17, 15) is 14.0 Å². The number of rotatable bonds is 4. The molecule has 7 heteroatoms. The normalized spacial score (nSPS) is 31.4. The van der Waals surface area contributed by atoms with Gasteiger partial charge in [-0.3, -0.25) is 9.59 Å². The molecule has 1 heterocycles. The fourth-order valence-corrected chi connectivity index (χ4v) is 6.39. The second-order valence-electron chi connectivity index (χ2n) is 9.43. The molecule has 0 saturated heterocycles. The Morgan fingerprint density at radius 1 is 1.03 bits per heavy atom. The lowest BCUT2D eigenvalue weighted by atomic mass is 9.49. The Labute approximate surface area is 174 Å². The minimum absolute atomic E-state index is 0.186. The summed E-state index contributed by atoms with van der Waals surface area (Å²) in [5, 5.41) is 6.51. The van der Waals surface area contributed by atoms with Crippen molar-refractivity contribution in [3.8, 4) is 0 Å². The summed E-state index contributed by atoms with van der Waals surface area (Å²) < 4.78 is 13.6. The fraction of sp³-hybridized carbons (Fsp3) is 0.478. The van der Waals surface area contributed by atoms with E-state index < -0.39 is 5.82 Å². The molecule has 4 saturated carbocycles. The molecule has 0 spiro atoms. The number of carbonyl (C=O) groups is 2. The third-order valence-electron chi connectivity index (χ3n) is 6.91. The van der Waals surface area contributed by atoms with Crippen molar-refractivity contribution in [2.24, 2.45) is 11.8 Å². The van der Waals surface area contributed by atoms with E-state index in [4.69, 9.17) is 0 Å². The summed E-state index contributed by atoms with van der Waals surface area (Å²) >= 11 is 0. The van der Waals surface area contributed by atoms with Gasteiger partial charge in [-0.25, -0.2) is 14.4 Å². The number of halogens is 1. The molecular weight excluding hydrogens is 383 g/mol.